The normalized spacial score (nSPS) is 15.6. The van der Waals surface area contributed by atoms with Crippen molar-refractivity contribution in [3.8, 4) is 5.75 Å². The number of anilines is 1. The van der Waals surface area contributed by atoms with Crippen LogP contribution in [0.3, 0.4) is 0 Å². The molecule has 1 heterocycles. The number of hydrogen-bond acceptors (Lipinski definition) is 6. The Morgan fingerprint density at radius 3 is 2.81 bits per heavy atom. The fourth-order valence-electron chi connectivity index (χ4n) is 2.62. The molecule has 0 saturated heterocycles. The van der Waals surface area contributed by atoms with Gasteiger partial charge < -0.3 is 14.8 Å². The van der Waals surface area contributed by atoms with E-state index >= 15 is 0 Å². The summed E-state index contributed by atoms with van der Waals surface area (Å²) in [4.78, 5) is 35.1. The first kappa shape index (κ1) is 17.9. The van der Waals surface area contributed by atoms with Crippen molar-refractivity contribution in [3.05, 3.63) is 62.1 Å². The van der Waals surface area contributed by atoms with Crippen molar-refractivity contribution < 1.29 is 24.0 Å². The number of ether oxygens (including phenoxy) is 2. The molecule has 1 amide bonds. The second kappa shape index (κ2) is 7.12. The van der Waals surface area contributed by atoms with Gasteiger partial charge in [-0.3, -0.25) is 14.9 Å². The molecule has 3 rings (SSSR count). The molecule has 1 atom stereocenters. The minimum Gasteiger partial charge on any atom is -0.496 e. The number of cyclic esters (lactones) is 1. The van der Waals surface area contributed by atoms with Crippen LogP contribution in [0.2, 0.25) is 0 Å². The molecule has 0 aromatic heterocycles. The minimum absolute atomic E-state index is 0.00288. The zero-order chi connectivity index (χ0) is 18.8. The number of nitro groups is 1. The molecule has 2 aromatic rings. The van der Waals surface area contributed by atoms with Gasteiger partial charge in [-0.05, 0) is 35.9 Å². The molecule has 1 N–H and O–H groups in total. The van der Waals surface area contributed by atoms with Crippen LogP contribution in [-0.2, 0) is 16.0 Å². The average Bonchev–Trinajstić information content (AvgIpc) is 2.61. The van der Waals surface area contributed by atoms with E-state index in [9.17, 15) is 19.7 Å². The van der Waals surface area contributed by atoms with Crippen LogP contribution in [0.1, 0.15) is 15.9 Å². The Hall–Kier alpha value is -2.94. The van der Waals surface area contributed by atoms with Gasteiger partial charge in [0.25, 0.3) is 11.6 Å². The smallest absolute Gasteiger partial charge is 0.339 e. The SMILES string of the molecule is COc1ccc(NC(=O)C2Cc3cc(Br)ccc3C(=O)O2)c([N+](=O)[O-])c1. The zero-order valence-corrected chi connectivity index (χ0v) is 15.1. The average molecular weight is 421 g/mol. The lowest BCUT2D eigenvalue weighted by molar-refractivity contribution is -0.384. The highest BCUT2D eigenvalue weighted by Gasteiger charge is 2.32. The van der Waals surface area contributed by atoms with Gasteiger partial charge >= 0.3 is 5.97 Å². The summed E-state index contributed by atoms with van der Waals surface area (Å²) < 4.78 is 10.9. The van der Waals surface area contributed by atoms with Gasteiger partial charge in [0.15, 0.2) is 6.10 Å². The van der Waals surface area contributed by atoms with Crippen LogP contribution in [-0.4, -0.2) is 30.0 Å². The molecule has 1 aliphatic rings. The van der Waals surface area contributed by atoms with E-state index < -0.39 is 22.9 Å². The maximum atomic E-state index is 12.5. The van der Waals surface area contributed by atoms with E-state index in [4.69, 9.17) is 9.47 Å². The molecular weight excluding hydrogens is 408 g/mol. The van der Waals surface area contributed by atoms with Crippen LogP contribution in [0.4, 0.5) is 11.4 Å². The molecule has 0 fully saturated rings. The lowest BCUT2D eigenvalue weighted by Crippen LogP contribution is -2.38. The Kier molecular flexibility index (Phi) is 4.90. The van der Waals surface area contributed by atoms with Gasteiger partial charge in [0.2, 0.25) is 0 Å². The monoisotopic (exact) mass is 420 g/mol. The van der Waals surface area contributed by atoms with Crippen LogP contribution in [0.25, 0.3) is 0 Å². The summed E-state index contributed by atoms with van der Waals surface area (Å²) in [5.41, 5.74) is 0.743. The molecule has 134 valence electrons. The summed E-state index contributed by atoms with van der Waals surface area (Å²) in [6.45, 7) is 0. The Labute approximate surface area is 156 Å². The second-order valence-corrected chi connectivity index (χ2v) is 6.44. The molecule has 1 aliphatic heterocycles. The minimum atomic E-state index is -1.08. The number of esters is 1. The quantitative estimate of drug-likeness (QED) is 0.462. The lowest BCUT2D eigenvalue weighted by Gasteiger charge is -2.24. The highest BCUT2D eigenvalue weighted by atomic mass is 79.9. The number of methoxy groups -OCH3 is 1. The maximum absolute atomic E-state index is 12.5. The lowest BCUT2D eigenvalue weighted by atomic mass is 9.98. The molecule has 8 nitrogen and oxygen atoms in total. The third-order valence-electron chi connectivity index (χ3n) is 3.89. The highest BCUT2D eigenvalue weighted by molar-refractivity contribution is 9.10. The van der Waals surface area contributed by atoms with E-state index in [-0.39, 0.29) is 23.5 Å². The number of amides is 1. The Morgan fingerprint density at radius 1 is 1.35 bits per heavy atom. The fourth-order valence-corrected chi connectivity index (χ4v) is 3.03. The number of carbonyl (C=O) groups excluding carboxylic acids is 2. The number of hydrogen-bond donors (Lipinski definition) is 1. The maximum Gasteiger partial charge on any atom is 0.339 e. The molecule has 9 heteroatoms. The van der Waals surface area contributed by atoms with E-state index in [0.29, 0.717) is 11.1 Å². The van der Waals surface area contributed by atoms with Gasteiger partial charge in [-0.25, -0.2) is 4.79 Å². The summed E-state index contributed by atoms with van der Waals surface area (Å²) >= 11 is 3.32. The number of fused-ring (bicyclic) bond motifs is 1. The highest BCUT2D eigenvalue weighted by Crippen LogP contribution is 2.30. The number of carbonyl (C=O) groups is 2. The number of nitrogens with zero attached hydrogens (tertiary/aromatic N) is 1. The van der Waals surface area contributed by atoms with Crippen molar-refractivity contribution in [3.63, 3.8) is 0 Å². The topological polar surface area (TPSA) is 108 Å². The van der Waals surface area contributed by atoms with E-state index in [0.717, 1.165) is 4.47 Å². The summed E-state index contributed by atoms with van der Waals surface area (Å²) in [6.07, 6.45) is -0.901. The van der Waals surface area contributed by atoms with Crippen LogP contribution in [0.15, 0.2) is 40.9 Å². The van der Waals surface area contributed by atoms with Gasteiger partial charge in [0.1, 0.15) is 11.4 Å². The predicted molar refractivity (Wildman–Crippen MR) is 95.3 cm³/mol. The predicted octanol–water partition coefficient (Wildman–Crippen LogP) is 3.09. The van der Waals surface area contributed by atoms with Crippen LogP contribution < -0.4 is 10.1 Å². The fraction of sp³-hybridized carbons (Fsp3) is 0.176. The van der Waals surface area contributed by atoms with Gasteiger partial charge in [0, 0.05) is 10.9 Å². The second-order valence-electron chi connectivity index (χ2n) is 5.53. The summed E-state index contributed by atoms with van der Waals surface area (Å²) in [5, 5.41) is 13.7. The Balaban J connectivity index is 1.83. The molecule has 0 saturated carbocycles. The molecule has 2 aromatic carbocycles. The molecule has 0 bridgehead atoms. The first-order valence-electron chi connectivity index (χ1n) is 7.51. The molecular formula is C17H13BrN2O6. The zero-order valence-electron chi connectivity index (χ0n) is 13.5. The standard InChI is InChI=1S/C17H13BrN2O6/c1-25-11-3-5-13(14(8-11)20(23)24)19-16(21)15-7-9-6-10(18)2-4-12(9)17(22)26-15/h2-6,8,15H,7H2,1H3,(H,19,21). The van der Waals surface area contributed by atoms with Gasteiger partial charge in [-0.15, -0.1) is 0 Å². The number of rotatable bonds is 4. The van der Waals surface area contributed by atoms with Crippen LogP contribution in [0.5, 0.6) is 5.75 Å². The van der Waals surface area contributed by atoms with Gasteiger partial charge in [0.05, 0.1) is 23.7 Å². The Morgan fingerprint density at radius 2 is 2.12 bits per heavy atom. The van der Waals surface area contributed by atoms with E-state index in [1.165, 1.54) is 25.3 Å². The molecule has 26 heavy (non-hydrogen) atoms. The first-order chi connectivity index (χ1) is 12.4. The molecule has 0 radical (unpaired) electrons. The molecule has 1 unspecified atom stereocenters. The van der Waals surface area contributed by atoms with Crippen molar-refractivity contribution in [1.29, 1.82) is 0 Å². The van der Waals surface area contributed by atoms with Crippen LogP contribution >= 0.6 is 15.9 Å². The van der Waals surface area contributed by atoms with E-state index in [1.54, 1.807) is 18.2 Å². The summed E-state index contributed by atoms with van der Waals surface area (Å²) in [5.74, 6) is -0.960. The summed E-state index contributed by atoms with van der Waals surface area (Å²) in [6, 6.07) is 9.12. The van der Waals surface area contributed by atoms with Gasteiger partial charge in [-0.1, -0.05) is 15.9 Å². The van der Waals surface area contributed by atoms with Crippen molar-refractivity contribution in [2.45, 2.75) is 12.5 Å². The number of nitrogens with one attached hydrogen (secondary N) is 1. The van der Waals surface area contributed by atoms with Crippen LogP contribution in [0, 0.1) is 10.1 Å². The van der Waals surface area contributed by atoms with Crippen molar-refractivity contribution in [1.82, 2.24) is 0 Å². The van der Waals surface area contributed by atoms with Gasteiger partial charge in [-0.2, -0.15) is 0 Å². The largest absolute Gasteiger partial charge is 0.496 e. The first-order valence-corrected chi connectivity index (χ1v) is 8.31. The number of benzene rings is 2. The molecule has 0 spiro atoms. The van der Waals surface area contributed by atoms with E-state index in [2.05, 4.69) is 21.2 Å². The summed E-state index contributed by atoms with van der Waals surface area (Å²) in [7, 11) is 1.38. The van der Waals surface area contributed by atoms with Crippen molar-refractivity contribution in [2.75, 3.05) is 12.4 Å². The van der Waals surface area contributed by atoms with Crippen molar-refractivity contribution >= 4 is 39.2 Å². The Bertz CT molecular complexity index is 914. The third kappa shape index (κ3) is 3.52. The van der Waals surface area contributed by atoms with E-state index in [1.807, 2.05) is 0 Å². The van der Waals surface area contributed by atoms with Crippen molar-refractivity contribution in [2.24, 2.45) is 0 Å². The number of halogens is 1. The third-order valence-corrected chi connectivity index (χ3v) is 4.39. The molecule has 0 aliphatic carbocycles. The number of nitro benzene ring substituents is 1.